The highest BCUT2D eigenvalue weighted by atomic mass is 16.2. The number of hydrogen-bond donors (Lipinski definition) is 2. The molecule has 23 heavy (non-hydrogen) atoms. The van der Waals surface area contributed by atoms with Crippen LogP contribution in [-0.2, 0) is 4.79 Å². The molecule has 0 aliphatic carbocycles. The third kappa shape index (κ3) is 4.51. The Bertz CT molecular complexity index is 709. The summed E-state index contributed by atoms with van der Waals surface area (Å²) in [5.41, 5.74) is 1.65. The van der Waals surface area contributed by atoms with Gasteiger partial charge in [-0.25, -0.2) is 0 Å². The van der Waals surface area contributed by atoms with Gasteiger partial charge in [0.2, 0.25) is 5.91 Å². The smallest absolute Gasteiger partial charge is 0.251 e. The van der Waals surface area contributed by atoms with Crippen molar-refractivity contribution < 1.29 is 14.4 Å². The van der Waals surface area contributed by atoms with Crippen LogP contribution in [0.1, 0.15) is 34.6 Å². The number of hydrogen-bond acceptors (Lipinski definition) is 3. The molecule has 0 aliphatic heterocycles. The lowest BCUT2D eigenvalue weighted by atomic mass is 10.1. The summed E-state index contributed by atoms with van der Waals surface area (Å²) in [7, 11) is 0. The maximum Gasteiger partial charge on any atom is 0.251 e. The van der Waals surface area contributed by atoms with Crippen LogP contribution < -0.4 is 10.6 Å². The number of rotatable bonds is 5. The predicted octanol–water partition coefficient (Wildman–Crippen LogP) is 2.65. The fourth-order valence-electron chi connectivity index (χ4n) is 1.97. The van der Waals surface area contributed by atoms with Gasteiger partial charge in [0.15, 0.2) is 5.78 Å². The van der Waals surface area contributed by atoms with Gasteiger partial charge in [0, 0.05) is 16.8 Å². The van der Waals surface area contributed by atoms with Crippen molar-refractivity contribution in [3.63, 3.8) is 0 Å². The molecule has 0 aliphatic rings. The van der Waals surface area contributed by atoms with E-state index in [1.165, 1.54) is 6.92 Å². The molecule has 0 radical (unpaired) electrons. The minimum atomic E-state index is -0.685. The van der Waals surface area contributed by atoms with Crippen LogP contribution in [0.2, 0.25) is 0 Å². The molecular weight excluding hydrogens is 292 g/mol. The normalized spacial score (nSPS) is 11.4. The number of anilines is 1. The second-order valence-corrected chi connectivity index (χ2v) is 5.18. The Balaban J connectivity index is 1.94. The zero-order valence-corrected chi connectivity index (χ0v) is 13.0. The molecule has 1 unspecified atom stereocenters. The second kappa shape index (κ2) is 7.35. The van der Waals surface area contributed by atoms with Crippen LogP contribution in [0.3, 0.4) is 0 Å². The summed E-state index contributed by atoms with van der Waals surface area (Å²) in [6, 6.07) is 14.6. The van der Waals surface area contributed by atoms with E-state index in [0.717, 1.165) is 0 Å². The summed E-state index contributed by atoms with van der Waals surface area (Å²) in [6.45, 7) is 3.09. The molecule has 2 amide bonds. The fraction of sp³-hybridized carbons (Fsp3) is 0.167. The van der Waals surface area contributed by atoms with E-state index >= 15 is 0 Å². The highest BCUT2D eigenvalue weighted by molar-refractivity contribution is 6.01. The average molecular weight is 310 g/mol. The molecule has 0 bridgehead atoms. The number of benzene rings is 2. The predicted molar refractivity (Wildman–Crippen MR) is 88.4 cm³/mol. The summed E-state index contributed by atoms with van der Waals surface area (Å²) in [4.78, 5) is 35.3. The van der Waals surface area contributed by atoms with Crippen LogP contribution in [0, 0.1) is 0 Å². The molecule has 1 atom stereocenters. The van der Waals surface area contributed by atoms with E-state index in [-0.39, 0.29) is 17.6 Å². The van der Waals surface area contributed by atoms with Gasteiger partial charge in [-0.2, -0.15) is 0 Å². The zero-order chi connectivity index (χ0) is 16.8. The third-order valence-corrected chi connectivity index (χ3v) is 3.34. The number of Topliss-reactive ketones (excluding diaryl/α,β-unsaturated/α-hetero) is 1. The van der Waals surface area contributed by atoms with Gasteiger partial charge in [0.05, 0.1) is 0 Å². The van der Waals surface area contributed by atoms with E-state index in [1.807, 2.05) is 6.07 Å². The fourth-order valence-corrected chi connectivity index (χ4v) is 1.97. The maximum absolute atomic E-state index is 12.1. The minimum Gasteiger partial charge on any atom is -0.341 e. The molecule has 2 N–H and O–H groups in total. The number of amides is 2. The summed E-state index contributed by atoms with van der Waals surface area (Å²) < 4.78 is 0. The first kappa shape index (κ1) is 16.4. The van der Waals surface area contributed by atoms with Crippen molar-refractivity contribution in [2.45, 2.75) is 19.9 Å². The van der Waals surface area contributed by atoms with E-state index in [9.17, 15) is 14.4 Å². The molecule has 0 fully saturated rings. The molecule has 0 heterocycles. The molecule has 0 saturated heterocycles. The Kier molecular flexibility index (Phi) is 5.25. The van der Waals surface area contributed by atoms with Gasteiger partial charge in [-0.15, -0.1) is 0 Å². The van der Waals surface area contributed by atoms with Crippen LogP contribution in [0.25, 0.3) is 0 Å². The van der Waals surface area contributed by atoms with Crippen LogP contribution in [0.5, 0.6) is 0 Å². The van der Waals surface area contributed by atoms with Gasteiger partial charge < -0.3 is 10.6 Å². The molecular formula is C18H18N2O3. The standard InChI is InChI=1S/C18H18N2O3/c1-12(19-18(23)15-6-4-3-5-7-15)17(22)20-16-10-8-14(9-11-16)13(2)21/h3-12H,1-2H3,(H,19,23)(H,20,22). The number of carbonyl (C=O) groups excluding carboxylic acids is 3. The van der Waals surface area contributed by atoms with Gasteiger partial charge in [-0.1, -0.05) is 18.2 Å². The number of ketones is 1. The molecule has 2 aromatic rings. The van der Waals surface area contributed by atoms with E-state index in [4.69, 9.17) is 0 Å². The van der Waals surface area contributed by atoms with Gasteiger partial charge in [0.1, 0.15) is 6.04 Å². The first-order chi connectivity index (χ1) is 11.0. The summed E-state index contributed by atoms with van der Waals surface area (Å²) >= 11 is 0. The van der Waals surface area contributed by atoms with Crippen molar-refractivity contribution in [3.8, 4) is 0 Å². The summed E-state index contributed by atoms with van der Waals surface area (Å²) in [5.74, 6) is -0.670. The Morgan fingerprint density at radius 1 is 0.870 bits per heavy atom. The highest BCUT2D eigenvalue weighted by Gasteiger charge is 2.16. The lowest BCUT2D eigenvalue weighted by Gasteiger charge is -2.14. The highest BCUT2D eigenvalue weighted by Crippen LogP contribution is 2.10. The lowest BCUT2D eigenvalue weighted by molar-refractivity contribution is -0.117. The van der Waals surface area contributed by atoms with Crippen LogP contribution in [-0.4, -0.2) is 23.6 Å². The minimum absolute atomic E-state index is 0.0358. The monoisotopic (exact) mass is 310 g/mol. The van der Waals surface area contributed by atoms with E-state index in [0.29, 0.717) is 16.8 Å². The van der Waals surface area contributed by atoms with Crippen molar-refractivity contribution in [2.75, 3.05) is 5.32 Å². The first-order valence-electron chi connectivity index (χ1n) is 7.25. The molecule has 0 saturated carbocycles. The Morgan fingerprint density at radius 3 is 2.04 bits per heavy atom. The van der Waals surface area contributed by atoms with E-state index < -0.39 is 6.04 Å². The second-order valence-electron chi connectivity index (χ2n) is 5.18. The van der Waals surface area contributed by atoms with Crippen LogP contribution >= 0.6 is 0 Å². The van der Waals surface area contributed by atoms with Crippen LogP contribution in [0.15, 0.2) is 54.6 Å². The van der Waals surface area contributed by atoms with Crippen molar-refractivity contribution in [2.24, 2.45) is 0 Å². The summed E-state index contributed by atoms with van der Waals surface area (Å²) in [5, 5.41) is 5.34. The van der Waals surface area contributed by atoms with E-state index in [1.54, 1.807) is 55.5 Å². The molecule has 0 spiro atoms. The molecule has 2 aromatic carbocycles. The Hall–Kier alpha value is -2.95. The maximum atomic E-state index is 12.1. The van der Waals surface area contributed by atoms with Crippen molar-refractivity contribution in [1.82, 2.24) is 5.32 Å². The SMILES string of the molecule is CC(=O)c1ccc(NC(=O)C(C)NC(=O)c2ccccc2)cc1. The van der Waals surface area contributed by atoms with Crippen molar-refractivity contribution >= 4 is 23.3 Å². The average Bonchev–Trinajstić information content (AvgIpc) is 2.56. The zero-order valence-electron chi connectivity index (χ0n) is 13.0. The largest absolute Gasteiger partial charge is 0.341 e. The number of nitrogens with one attached hydrogen (secondary N) is 2. The Morgan fingerprint density at radius 2 is 1.48 bits per heavy atom. The molecule has 5 nitrogen and oxygen atoms in total. The topological polar surface area (TPSA) is 75.3 Å². The van der Waals surface area contributed by atoms with Gasteiger partial charge in [-0.3, -0.25) is 14.4 Å². The Labute approximate surface area is 134 Å². The van der Waals surface area contributed by atoms with Crippen LogP contribution in [0.4, 0.5) is 5.69 Å². The summed E-state index contributed by atoms with van der Waals surface area (Å²) in [6.07, 6.45) is 0. The van der Waals surface area contributed by atoms with Crippen molar-refractivity contribution in [3.05, 3.63) is 65.7 Å². The quantitative estimate of drug-likeness (QED) is 0.834. The third-order valence-electron chi connectivity index (χ3n) is 3.34. The van der Waals surface area contributed by atoms with Gasteiger partial charge >= 0.3 is 0 Å². The molecule has 5 heteroatoms. The van der Waals surface area contributed by atoms with E-state index in [2.05, 4.69) is 10.6 Å². The molecule has 118 valence electrons. The lowest BCUT2D eigenvalue weighted by Crippen LogP contribution is -2.41. The molecule has 0 aromatic heterocycles. The molecule has 2 rings (SSSR count). The first-order valence-corrected chi connectivity index (χ1v) is 7.25. The van der Waals surface area contributed by atoms with Crippen molar-refractivity contribution in [1.29, 1.82) is 0 Å². The van der Waals surface area contributed by atoms with Gasteiger partial charge in [0.25, 0.3) is 5.91 Å². The van der Waals surface area contributed by atoms with Gasteiger partial charge in [-0.05, 0) is 50.2 Å². The number of carbonyl (C=O) groups is 3.